The van der Waals surface area contributed by atoms with E-state index >= 15 is 0 Å². The lowest BCUT2D eigenvalue weighted by atomic mass is 10.2. The van der Waals surface area contributed by atoms with Gasteiger partial charge in [0.2, 0.25) is 0 Å². The zero-order chi connectivity index (χ0) is 16.1. The normalized spacial score (nSPS) is 14.6. The number of nitrogens with one attached hydrogen (secondary N) is 1. The molecule has 0 unspecified atom stereocenters. The van der Waals surface area contributed by atoms with Crippen LogP contribution in [0, 0.1) is 4.91 Å². The second-order valence-electron chi connectivity index (χ2n) is 5.35. The Hall–Kier alpha value is -1.92. The lowest BCUT2D eigenvalue weighted by molar-refractivity contribution is 0.122. The molecule has 2 aromatic carbocycles. The molecule has 0 bridgehead atoms. The van der Waals surface area contributed by atoms with Crippen LogP contribution < -0.4 is 10.2 Å². The number of rotatable bonds is 5. The standard InChI is InChI=1S/C17H18BrN3O2/c18-15-10-14(21-6-8-23-9-7-21)11-16(17(15)20-22)19-12-13-4-2-1-3-5-13/h1-5,10-11,19H,6-9,12H2. The van der Waals surface area contributed by atoms with Gasteiger partial charge in [0.15, 0.2) is 0 Å². The number of nitrogens with zero attached hydrogens (tertiary/aromatic N) is 2. The van der Waals surface area contributed by atoms with Gasteiger partial charge >= 0.3 is 0 Å². The van der Waals surface area contributed by atoms with Crippen LogP contribution in [0.5, 0.6) is 0 Å². The lowest BCUT2D eigenvalue weighted by Gasteiger charge is -2.29. The molecule has 5 nitrogen and oxygen atoms in total. The highest BCUT2D eigenvalue weighted by Crippen LogP contribution is 2.38. The van der Waals surface area contributed by atoms with Crippen LogP contribution in [0.25, 0.3) is 0 Å². The first-order chi connectivity index (χ1) is 11.3. The van der Waals surface area contributed by atoms with Gasteiger partial charge in [-0.1, -0.05) is 30.3 Å². The van der Waals surface area contributed by atoms with Crippen LogP contribution in [-0.2, 0) is 11.3 Å². The number of benzene rings is 2. The zero-order valence-corrected chi connectivity index (χ0v) is 14.3. The summed E-state index contributed by atoms with van der Waals surface area (Å²) in [6.07, 6.45) is 0. The van der Waals surface area contributed by atoms with Gasteiger partial charge < -0.3 is 15.0 Å². The quantitative estimate of drug-likeness (QED) is 0.791. The van der Waals surface area contributed by atoms with Crippen LogP contribution in [0.15, 0.2) is 52.1 Å². The average molecular weight is 376 g/mol. The average Bonchev–Trinajstić information content (AvgIpc) is 2.61. The predicted octanol–water partition coefficient (Wildman–Crippen LogP) is 4.30. The summed E-state index contributed by atoms with van der Waals surface area (Å²) in [5.74, 6) is 0. The fraction of sp³-hybridized carbons (Fsp3) is 0.294. The van der Waals surface area contributed by atoms with Gasteiger partial charge in [0, 0.05) is 25.3 Å². The third-order valence-electron chi connectivity index (χ3n) is 3.84. The van der Waals surface area contributed by atoms with E-state index in [0.29, 0.717) is 16.7 Å². The van der Waals surface area contributed by atoms with Crippen molar-refractivity contribution in [3.63, 3.8) is 0 Å². The summed E-state index contributed by atoms with van der Waals surface area (Å²) in [7, 11) is 0. The van der Waals surface area contributed by atoms with Crippen molar-refractivity contribution >= 4 is 33.0 Å². The molecule has 6 heteroatoms. The molecule has 1 N–H and O–H groups in total. The van der Waals surface area contributed by atoms with Gasteiger partial charge in [-0.15, -0.1) is 4.91 Å². The Morgan fingerprint density at radius 1 is 1.17 bits per heavy atom. The number of halogens is 1. The van der Waals surface area contributed by atoms with Gasteiger partial charge in [0.05, 0.1) is 23.4 Å². The molecule has 1 aliphatic rings. The smallest absolute Gasteiger partial charge is 0.145 e. The van der Waals surface area contributed by atoms with Gasteiger partial charge in [-0.3, -0.25) is 0 Å². The van der Waals surface area contributed by atoms with Crippen molar-refractivity contribution in [2.75, 3.05) is 36.5 Å². The molecule has 1 heterocycles. The highest BCUT2D eigenvalue weighted by atomic mass is 79.9. The molecule has 0 saturated carbocycles. The molecule has 0 amide bonds. The van der Waals surface area contributed by atoms with Crippen LogP contribution in [-0.4, -0.2) is 26.3 Å². The van der Waals surface area contributed by atoms with E-state index in [4.69, 9.17) is 4.74 Å². The first-order valence-corrected chi connectivity index (χ1v) is 8.34. The molecule has 2 aromatic rings. The maximum absolute atomic E-state index is 11.2. The number of morpholine rings is 1. The summed E-state index contributed by atoms with van der Waals surface area (Å²) in [6.45, 7) is 3.77. The second kappa shape index (κ2) is 7.57. The van der Waals surface area contributed by atoms with Gasteiger partial charge in [0.25, 0.3) is 0 Å². The molecule has 1 fully saturated rings. The van der Waals surface area contributed by atoms with Crippen LogP contribution in [0.1, 0.15) is 5.56 Å². The van der Waals surface area contributed by atoms with Gasteiger partial charge in [-0.25, -0.2) is 0 Å². The van der Waals surface area contributed by atoms with Crippen molar-refractivity contribution in [3.8, 4) is 0 Å². The van der Waals surface area contributed by atoms with Crippen molar-refractivity contribution < 1.29 is 4.74 Å². The number of hydrogen-bond acceptors (Lipinski definition) is 5. The van der Waals surface area contributed by atoms with Crippen molar-refractivity contribution in [3.05, 3.63) is 57.4 Å². The summed E-state index contributed by atoms with van der Waals surface area (Å²) < 4.78 is 6.10. The fourth-order valence-corrected chi connectivity index (χ4v) is 3.13. The molecule has 0 aliphatic carbocycles. The lowest BCUT2D eigenvalue weighted by Crippen LogP contribution is -2.36. The Kier molecular flexibility index (Phi) is 5.25. The molecule has 0 spiro atoms. The Morgan fingerprint density at radius 2 is 1.91 bits per heavy atom. The van der Waals surface area contributed by atoms with Crippen molar-refractivity contribution in [1.29, 1.82) is 0 Å². The van der Waals surface area contributed by atoms with Gasteiger partial charge in [-0.2, -0.15) is 0 Å². The first-order valence-electron chi connectivity index (χ1n) is 7.55. The summed E-state index contributed by atoms with van der Waals surface area (Å²) in [5, 5.41) is 6.49. The number of hydrogen-bond donors (Lipinski definition) is 1. The highest BCUT2D eigenvalue weighted by Gasteiger charge is 2.16. The van der Waals surface area contributed by atoms with E-state index < -0.39 is 0 Å². The van der Waals surface area contributed by atoms with Gasteiger partial charge in [0.1, 0.15) is 5.69 Å². The van der Waals surface area contributed by atoms with E-state index in [-0.39, 0.29) is 0 Å². The summed E-state index contributed by atoms with van der Waals surface area (Å²) in [4.78, 5) is 13.4. The van der Waals surface area contributed by atoms with Crippen molar-refractivity contribution in [1.82, 2.24) is 0 Å². The topological polar surface area (TPSA) is 53.9 Å². The molecular weight excluding hydrogens is 358 g/mol. The largest absolute Gasteiger partial charge is 0.379 e. The number of anilines is 2. The third-order valence-corrected chi connectivity index (χ3v) is 4.45. The van der Waals surface area contributed by atoms with E-state index in [0.717, 1.165) is 43.2 Å². The summed E-state index contributed by atoms with van der Waals surface area (Å²) >= 11 is 3.46. The Balaban J connectivity index is 1.84. The molecule has 1 saturated heterocycles. The minimum Gasteiger partial charge on any atom is -0.379 e. The monoisotopic (exact) mass is 375 g/mol. The maximum Gasteiger partial charge on any atom is 0.145 e. The highest BCUT2D eigenvalue weighted by molar-refractivity contribution is 9.10. The Labute approximate surface area is 143 Å². The summed E-state index contributed by atoms with van der Waals surface area (Å²) in [6, 6.07) is 14.0. The van der Waals surface area contributed by atoms with Crippen LogP contribution in [0.3, 0.4) is 0 Å². The van der Waals surface area contributed by atoms with Crippen molar-refractivity contribution in [2.45, 2.75) is 6.54 Å². The molecule has 1 aliphatic heterocycles. The SMILES string of the molecule is O=Nc1c(Br)cc(N2CCOCC2)cc1NCc1ccccc1. The number of nitroso groups, excluding NO2 is 1. The second-order valence-corrected chi connectivity index (χ2v) is 6.21. The zero-order valence-electron chi connectivity index (χ0n) is 12.7. The molecular formula is C17H18BrN3O2. The molecule has 0 atom stereocenters. The van der Waals surface area contributed by atoms with E-state index in [2.05, 4.69) is 31.3 Å². The fourth-order valence-electron chi connectivity index (χ4n) is 2.61. The number of ether oxygens (including phenoxy) is 1. The minimum atomic E-state index is 0.401. The van der Waals surface area contributed by atoms with E-state index in [1.165, 1.54) is 0 Å². The third kappa shape index (κ3) is 3.89. The van der Waals surface area contributed by atoms with Crippen LogP contribution >= 0.6 is 15.9 Å². The summed E-state index contributed by atoms with van der Waals surface area (Å²) in [5.41, 5.74) is 3.35. The molecule has 23 heavy (non-hydrogen) atoms. The molecule has 0 aromatic heterocycles. The molecule has 0 radical (unpaired) electrons. The Morgan fingerprint density at radius 3 is 2.61 bits per heavy atom. The first kappa shape index (κ1) is 16.0. The Bertz CT molecular complexity index is 673. The van der Waals surface area contributed by atoms with E-state index in [1.54, 1.807) is 0 Å². The molecule has 3 rings (SSSR count). The van der Waals surface area contributed by atoms with E-state index in [1.807, 2.05) is 42.5 Å². The van der Waals surface area contributed by atoms with Crippen molar-refractivity contribution in [2.24, 2.45) is 5.18 Å². The predicted molar refractivity (Wildman–Crippen MR) is 96.4 cm³/mol. The van der Waals surface area contributed by atoms with Crippen LogP contribution in [0.4, 0.5) is 17.1 Å². The van der Waals surface area contributed by atoms with Crippen LogP contribution in [0.2, 0.25) is 0 Å². The van der Waals surface area contributed by atoms with E-state index in [9.17, 15) is 4.91 Å². The van der Waals surface area contributed by atoms with Gasteiger partial charge in [-0.05, 0) is 38.8 Å². The minimum absolute atomic E-state index is 0.401. The molecule has 120 valence electrons. The maximum atomic E-state index is 11.2.